The third kappa shape index (κ3) is 2.83. The fraction of sp³-hybridized carbons (Fsp3) is 0.941. The summed E-state index contributed by atoms with van der Waals surface area (Å²) in [4.78, 5) is 12.5. The van der Waals surface area contributed by atoms with E-state index in [1.165, 1.54) is 12.8 Å². The summed E-state index contributed by atoms with van der Waals surface area (Å²) in [5.41, 5.74) is 0. The molecule has 2 heteroatoms. The highest BCUT2D eigenvalue weighted by molar-refractivity contribution is 5.82. The Morgan fingerprint density at radius 1 is 1.16 bits per heavy atom. The third-order valence-corrected chi connectivity index (χ3v) is 5.73. The van der Waals surface area contributed by atoms with E-state index < -0.39 is 0 Å². The van der Waals surface area contributed by atoms with E-state index in [1.54, 1.807) is 0 Å². The summed E-state index contributed by atoms with van der Waals surface area (Å²) >= 11 is 0. The number of carbonyl (C=O) groups excluding carboxylic acids is 1. The van der Waals surface area contributed by atoms with Gasteiger partial charge in [-0.25, -0.2) is 0 Å². The molecule has 2 fully saturated rings. The summed E-state index contributed by atoms with van der Waals surface area (Å²) < 4.78 is 0. The van der Waals surface area contributed by atoms with Crippen molar-refractivity contribution in [3.63, 3.8) is 0 Å². The predicted molar refractivity (Wildman–Crippen MR) is 79.7 cm³/mol. The molecule has 5 atom stereocenters. The summed E-state index contributed by atoms with van der Waals surface area (Å²) in [6, 6.07) is 0.378. The molecule has 1 amide bonds. The van der Waals surface area contributed by atoms with Gasteiger partial charge in [-0.3, -0.25) is 4.79 Å². The molecule has 0 heterocycles. The zero-order chi connectivity index (χ0) is 14.2. The number of hydrogen-bond acceptors (Lipinski definition) is 1. The Kier molecular flexibility index (Phi) is 4.58. The Hall–Kier alpha value is -0.530. The van der Waals surface area contributed by atoms with Gasteiger partial charge in [0.25, 0.3) is 0 Å². The fourth-order valence-electron chi connectivity index (χ4n) is 4.40. The number of rotatable bonds is 5. The van der Waals surface area contributed by atoms with Gasteiger partial charge in [-0.15, -0.1) is 0 Å². The molecule has 19 heavy (non-hydrogen) atoms. The van der Waals surface area contributed by atoms with Crippen molar-refractivity contribution in [2.75, 3.05) is 0 Å². The van der Waals surface area contributed by atoms with E-state index in [9.17, 15) is 4.79 Å². The number of carbonyl (C=O) groups is 1. The lowest BCUT2D eigenvalue weighted by Gasteiger charge is -2.28. The van der Waals surface area contributed by atoms with Crippen molar-refractivity contribution in [3.8, 4) is 0 Å². The molecule has 0 unspecified atom stereocenters. The van der Waals surface area contributed by atoms with Crippen molar-refractivity contribution in [3.05, 3.63) is 0 Å². The third-order valence-electron chi connectivity index (χ3n) is 5.73. The van der Waals surface area contributed by atoms with Crippen LogP contribution < -0.4 is 5.32 Å². The molecule has 0 aliphatic heterocycles. The molecule has 2 saturated carbocycles. The Balaban J connectivity index is 2.00. The maximum Gasteiger partial charge on any atom is 0.223 e. The van der Waals surface area contributed by atoms with Gasteiger partial charge in [-0.1, -0.05) is 41.0 Å². The van der Waals surface area contributed by atoms with Crippen LogP contribution in [-0.4, -0.2) is 11.9 Å². The Labute approximate surface area is 118 Å². The van der Waals surface area contributed by atoms with Crippen LogP contribution in [0.25, 0.3) is 0 Å². The van der Waals surface area contributed by atoms with Gasteiger partial charge in [-0.05, 0) is 48.9 Å². The van der Waals surface area contributed by atoms with Gasteiger partial charge in [0.2, 0.25) is 5.91 Å². The molecule has 2 nitrogen and oxygen atoms in total. The second kappa shape index (κ2) is 5.85. The molecule has 2 rings (SSSR count). The van der Waals surface area contributed by atoms with Crippen LogP contribution in [0.15, 0.2) is 0 Å². The first-order chi connectivity index (χ1) is 9.01. The van der Waals surface area contributed by atoms with Crippen molar-refractivity contribution in [2.45, 2.75) is 66.3 Å². The summed E-state index contributed by atoms with van der Waals surface area (Å²) in [5, 5.41) is 3.28. The molecular formula is C17H31NO. The van der Waals surface area contributed by atoms with Gasteiger partial charge in [0, 0.05) is 12.0 Å². The summed E-state index contributed by atoms with van der Waals surface area (Å²) in [7, 11) is 0. The number of nitrogens with one attached hydrogen (secondary N) is 1. The molecule has 0 radical (unpaired) electrons. The average Bonchev–Trinajstić information content (AvgIpc) is 3.11. The van der Waals surface area contributed by atoms with Crippen LogP contribution in [-0.2, 0) is 4.79 Å². The maximum atomic E-state index is 12.5. The number of hydrogen-bond donors (Lipinski definition) is 1. The largest absolute Gasteiger partial charge is 0.353 e. The van der Waals surface area contributed by atoms with Gasteiger partial charge in [0.05, 0.1) is 0 Å². The topological polar surface area (TPSA) is 29.1 Å². The minimum Gasteiger partial charge on any atom is -0.353 e. The molecule has 0 aromatic rings. The van der Waals surface area contributed by atoms with Crippen LogP contribution >= 0.6 is 0 Å². The molecule has 0 bridgehead atoms. The molecule has 110 valence electrons. The minimum atomic E-state index is 0.325. The standard InChI is InChI=1S/C17H31NO/c1-6-12(7-2)18-17(19)16-14-11(5)8-9-13(10(3)4)15(14)16/h10-16H,6-9H2,1-5H3,(H,18,19)/t11-,13+,14+,15-,16-/m0/s1. The highest BCUT2D eigenvalue weighted by atomic mass is 16.2. The SMILES string of the molecule is CCC(CC)NC(=O)[C@@H]1[C@@H]2[C@H]1[C@@H](C)CC[C@@H]2C(C)C. The number of fused-ring (bicyclic) bond motifs is 1. The highest BCUT2D eigenvalue weighted by Gasteiger charge is 2.61. The van der Waals surface area contributed by atoms with Crippen molar-refractivity contribution < 1.29 is 4.79 Å². The second-order valence-corrected chi connectivity index (χ2v) is 7.16. The summed E-state index contributed by atoms with van der Waals surface area (Å²) in [6.45, 7) is 11.3. The lowest BCUT2D eigenvalue weighted by molar-refractivity contribution is -0.123. The van der Waals surface area contributed by atoms with Crippen LogP contribution in [0.5, 0.6) is 0 Å². The number of amides is 1. The first-order valence-corrected chi connectivity index (χ1v) is 8.31. The second-order valence-electron chi connectivity index (χ2n) is 7.16. The average molecular weight is 265 g/mol. The molecule has 2 aliphatic rings. The zero-order valence-corrected chi connectivity index (χ0v) is 13.3. The van der Waals surface area contributed by atoms with Gasteiger partial charge in [0.1, 0.15) is 0 Å². The Morgan fingerprint density at radius 3 is 2.32 bits per heavy atom. The van der Waals surface area contributed by atoms with Crippen molar-refractivity contribution in [2.24, 2.45) is 35.5 Å². The molecule has 0 aromatic carbocycles. The van der Waals surface area contributed by atoms with Crippen molar-refractivity contribution >= 4 is 5.91 Å². The minimum absolute atomic E-state index is 0.325. The summed E-state index contributed by atoms with van der Waals surface area (Å²) in [6.07, 6.45) is 4.74. The van der Waals surface area contributed by atoms with Crippen molar-refractivity contribution in [1.82, 2.24) is 5.32 Å². The smallest absolute Gasteiger partial charge is 0.223 e. The van der Waals surface area contributed by atoms with E-state index in [0.717, 1.165) is 30.6 Å². The lowest BCUT2D eigenvalue weighted by atomic mass is 9.77. The highest BCUT2D eigenvalue weighted by Crippen LogP contribution is 2.62. The predicted octanol–water partition coefficient (Wildman–Crippen LogP) is 3.86. The van der Waals surface area contributed by atoms with Gasteiger partial charge in [-0.2, -0.15) is 0 Å². The summed E-state index contributed by atoms with van der Waals surface area (Å²) in [5.74, 6) is 4.28. The zero-order valence-electron chi connectivity index (χ0n) is 13.3. The Morgan fingerprint density at radius 2 is 1.79 bits per heavy atom. The van der Waals surface area contributed by atoms with E-state index in [2.05, 4.69) is 39.9 Å². The van der Waals surface area contributed by atoms with E-state index in [-0.39, 0.29) is 0 Å². The molecular weight excluding hydrogens is 234 g/mol. The lowest BCUT2D eigenvalue weighted by Crippen LogP contribution is -2.35. The van der Waals surface area contributed by atoms with Crippen LogP contribution in [0.4, 0.5) is 0 Å². The van der Waals surface area contributed by atoms with E-state index in [0.29, 0.717) is 29.7 Å². The van der Waals surface area contributed by atoms with Crippen LogP contribution in [0.2, 0.25) is 0 Å². The van der Waals surface area contributed by atoms with Crippen LogP contribution in [0.3, 0.4) is 0 Å². The van der Waals surface area contributed by atoms with E-state index in [4.69, 9.17) is 0 Å². The normalized spacial score (nSPS) is 37.3. The van der Waals surface area contributed by atoms with Crippen LogP contribution in [0, 0.1) is 35.5 Å². The Bertz CT molecular complexity index is 321. The molecule has 1 N–H and O–H groups in total. The van der Waals surface area contributed by atoms with Gasteiger partial charge >= 0.3 is 0 Å². The monoisotopic (exact) mass is 265 g/mol. The fourth-order valence-corrected chi connectivity index (χ4v) is 4.40. The van der Waals surface area contributed by atoms with Gasteiger partial charge in [0.15, 0.2) is 0 Å². The van der Waals surface area contributed by atoms with E-state index in [1.807, 2.05) is 0 Å². The first-order valence-electron chi connectivity index (χ1n) is 8.31. The molecule has 0 spiro atoms. The maximum absolute atomic E-state index is 12.5. The van der Waals surface area contributed by atoms with Gasteiger partial charge < -0.3 is 5.32 Å². The molecule has 0 saturated heterocycles. The van der Waals surface area contributed by atoms with Crippen molar-refractivity contribution in [1.29, 1.82) is 0 Å². The molecule has 0 aromatic heterocycles. The van der Waals surface area contributed by atoms with E-state index >= 15 is 0 Å². The molecule has 2 aliphatic carbocycles. The quantitative estimate of drug-likeness (QED) is 0.803. The van der Waals surface area contributed by atoms with Crippen LogP contribution in [0.1, 0.15) is 60.3 Å². The first kappa shape index (κ1) is 14.9.